The summed E-state index contributed by atoms with van der Waals surface area (Å²) in [6, 6.07) is 25.1. The molecule has 3 amide bonds. The third-order valence-electron chi connectivity index (χ3n) is 16.4. The largest absolute Gasteiger partial charge is 1.00 e. The van der Waals surface area contributed by atoms with Gasteiger partial charge in [-0.2, -0.15) is 0 Å². The Kier molecular flexibility index (Phi) is 33.8. The molecule has 4 fully saturated rings. The monoisotopic (exact) mass is 1610 g/mol. The van der Waals surface area contributed by atoms with Crippen LogP contribution in [0.1, 0.15) is 85.1 Å². The fourth-order valence-electron chi connectivity index (χ4n) is 12.0. The summed E-state index contributed by atoms with van der Waals surface area (Å²) in [5, 5.41) is 7.44. The molecule has 4 aliphatic rings. The van der Waals surface area contributed by atoms with Crippen molar-refractivity contribution in [3.8, 4) is 0 Å². The van der Waals surface area contributed by atoms with E-state index < -0.39 is 237 Å². The molecule has 41 heteroatoms. The number of carbonyl (C=O) groups is 13. The van der Waals surface area contributed by atoms with Gasteiger partial charge in [0, 0.05) is 55.0 Å². The maximum atomic E-state index is 15.0. The summed E-state index contributed by atoms with van der Waals surface area (Å²) in [4.78, 5) is 178. The maximum absolute atomic E-state index is 15.0. The molecule has 3 N–H and O–H groups in total. The fraction of sp³-hybridized carbons (Fsp3) is 0.479. The molecule has 4 aromatic carbocycles. The van der Waals surface area contributed by atoms with Gasteiger partial charge in [0.2, 0.25) is 22.2 Å². The summed E-state index contributed by atoms with van der Waals surface area (Å²) >= 11 is 0. The molecular formula is C71H80N3NaO36S. The Bertz CT molecular complexity index is 4040. The Morgan fingerprint density at radius 1 is 0.411 bits per heavy atom. The minimum absolute atomic E-state index is 0. The Morgan fingerprint density at radius 2 is 0.804 bits per heavy atom. The molecule has 0 radical (unpaired) electrons. The van der Waals surface area contributed by atoms with Crippen LogP contribution in [-0.2, 0) is 154 Å². The van der Waals surface area contributed by atoms with Gasteiger partial charge in [-0.05, 0) is 42.0 Å². The number of hydrogen-bond acceptors (Lipinski definition) is 36. The van der Waals surface area contributed by atoms with Crippen LogP contribution in [0.3, 0.4) is 0 Å². The molecule has 0 unspecified atom stereocenters. The zero-order valence-electron chi connectivity index (χ0n) is 61.7. The van der Waals surface area contributed by atoms with Crippen molar-refractivity contribution in [3.63, 3.8) is 0 Å². The summed E-state index contributed by atoms with van der Waals surface area (Å²) in [6.07, 6.45) is -41.9. The topological polar surface area (TPSA) is 500 Å². The van der Waals surface area contributed by atoms with Crippen molar-refractivity contribution in [2.45, 2.75) is 178 Å². The van der Waals surface area contributed by atoms with Crippen LogP contribution in [0, 0.1) is 0 Å². The predicted octanol–water partition coefficient (Wildman–Crippen LogP) is -2.21. The Balaban J connectivity index is 0.0000174. The summed E-state index contributed by atoms with van der Waals surface area (Å²) < 4.78 is 158. The molecule has 8 rings (SSSR count). The molecule has 0 saturated carbocycles. The average Bonchev–Trinajstić information content (AvgIpc) is 0.748. The van der Waals surface area contributed by atoms with E-state index in [2.05, 4.69) is 16.0 Å². The van der Waals surface area contributed by atoms with Crippen molar-refractivity contribution in [3.05, 3.63) is 144 Å². The van der Waals surface area contributed by atoms with Crippen molar-refractivity contribution in [2.24, 2.45) is 0 Å². The smallest absolute Gasteiger partial charge is 0.726 e. The van der Waals surface area contributed by atoms with Gasteiger partial charge in [0.1, 0.15) is 68.5 Å². The van der Waals surface area contributed by atoms with Crippen molar-refractivity contribution in [2.75, 3.05) is 40.6 Å². The van der Waals surface area contributed by atoms with Gasteiger partial charge in [-0.1, -0.05) is 84.9 Å². The van der Waals surface area contributed by atoms with Crippen LogP contribution < -0.4 is 45.5 Å². The first-order valence-corrected chi connectivity index (χ1v) is 35.2. The van der Waals surface area contributed by atoms with E-state index in [1.54, 1.807) is 36.4 Å². The predicted molar refractivity (Wildman–Crippen MR) is 361 cm³/mol. The number of nitrogens with one attached hydrogen (secondary N) is 3. The van der Waals surface area contributed by atoms with E-state index in [1.165, 1.54) is 84.9 Å². The number of hydrogen-bond donors (Lipinski definition) is 3. The molecule has 602 valence electrons. The Hall–Kier alpha value is -9.66. The maximum Gasteiger partial charge on any atom is 1.00 e. The number of esters is 10. The van der Waals surface area contributed by atoms with E-state index in [9.17, 15) is 65.7 Å². The summed E-state index contributed by atoms with van der Waals surface area (Å²) in [5.41, 5.74) is -0.0125. The molecule has 4 saturated heterocycles. The SMILES string of the molecule is COC(=O)[C@H]1O[C@@H](O[C@@H]2[C@@H](NC(C)=O)[C@H](O[C@H]3[C@H](OC(=O)c4ccccc4)[C@@H](OC(=O)c4ccccc4)[C@H](O[C@@H]4[C@@H](NC(C)=O)[C@H](OCCNC(=O)OCc5ccccc5)O[C@H](COC(=O)c5ccccc5)[C@@H]4OS(=O)(=O)[O-])O[C@@H]3C(=O)OC)O[C@H](COC(C)=O)[C@@H]2OC(C)=O)[C@H](OC(C)=O)[C@@H](OC(C)=O)[C@@H]1OC(C)=O.[Na+]. The second-order valence-electron chi connectivity index (χ2n) is 24.6. The number of methoxy groups -OCH3 is 2. The molecule has 20 atom stereocenters. The van der Waals surface area contributed by atoms with Crippen LogP contribution in [-0.4, -0.2) is 254 Å². The van der Waals surface area contributed by atoms with E-state index in [1.807, 2.05) is 0 Å². The standard InChI is InChI=1S/C71H81N3O36S.Na/c1-35(75)73-48-53(51(110-111(88,89)90)47(34-95-62(82)43-24-16-11-17-25-43)101-67(48)93-31-30-72-71(87)96-32-42-22-14-10-15-23-42)106-70-61(104-64(84)45-28-20-13-21-29-45)57(103-63(83)44-26-18-12-19-27-44)55(59(109-70)66(86)92-9)107-68-49(74-36(2)76)52(50(97-38(4)78)46(102-68)33-94-37(3)77)105-69-60(100-41(7)81)56(99-40(6)80)54(98-39(5)79)58(108-69)65(85)91-8;/h10-29,46-61,67-70H,30-34H2,1-9H3,(H,72,87)(H,73,75)(H,74,76)(H,88,89,90);/q;+1/p-1/t46-,47-,48-,49-,50+,51+,52-,53-,54+,55+,56+,57+,58+,59+,60-,61-,67-,68+,69-,70-;/m1./s1. The van der Waals surface area contributed by atoms with Gasteiger partial charge >= 0.3 is 95.3 Å². The van der Waals surface area contributed by atoms with Gasteiger partial charge in [-0.3, -0.25) is 37.7 Å². The molecule has 0 aromatic heterocycles. The first kappa shape index (κ1) is 89.5. The Morgan fingerprint density at radius 3 is 1.29 bits per heavy atom. The molecule has 4 heterocycles. The minimum Gasteiger partial charge on any atom is -0.726 e. The normalized spacial score (nSPS) is 27.3. The van der Waals surface area contributed by atoms with E-state index in [-0.39, 0.29) is 52.9 Å². The molecule has 0 aliphatic carbocycles. The molecule has 4 aromatic rings. The third-order valence-corrected chi connectivity index (χ3v) is 16.9. The van der Waals surface area contributed by atoms with Crippen LogP contribution in [0.25, 0.3) is 0 Å². The molecule has 112 heavy (non-hydrogen) atoms. The molecule has 39 nitrogen and oxygen atoms in total. The van der Waals surface area contributed by atoms with E-state index in [0.29, 0.717) is 5.56 Å². The van der Waals surface area contributed by atoms with Crippen LogP contribution >= 0.6 is 0 Å². The van der Waals surface area contributed by atoms with Gasteiger partial charge < -0.3 is 111 Å². The van der Waals surface area contributed by atoms with E-state index in [4.69, 9.17) is 94.2 Å². The van der Waals surface area contributed by atoms with Gasteiger partial charge in [-0.25, -0.2) is 37.2 Å². The van der Waals surface area contributed by atoms with E-state index in [0.717, 1.165) is 62.7 Å². The van der Waals surface area contributed by atoms with Gasteiger partial charge in [-0.15, -0.1) is 0 Å². The fourth-order valence-corrected chi connectivity index (χ4v) is 12.5. The summed E-state index contributed by atoms with van der Waals surface area (Å²) in [5.74, 6) is -14.2. The number of ether oxygens (including phenoxy) is 19. The van der Waals surface area contributed by atoms with E-state index >= 15 is 9.59 Å². The van der Waals surface area contributed by atoms with Gasteiger partial charge in [0.25, 0.3) is 0 Å². The molecule has 4 aliphatic heterocycles. The zero-order valence-corrected chi connectivity index (χ0v) is 64.6. The molecular weight excluding hydrogens is 1530 g/mol. The third kappa shape index (κ3) is 25.4. The quantitative estimate of drug-likeness (QED) is 0.0120. The second kappa shape index (κ2) is 42.3. The zero-order chi connectivity index (χ0) is 80.8. The molecule has 0 bridgehead atoms. The van der Waals surface area contributed by atoms with Crippen LogP contribution in [0.4, 0.5) is 4.79 Å². The van der Waals surface area contributed by atoms with Gasteiger partial charge in [0.05, 0.1) is 37.5 Å². The van der Waals surface area contributed by atoms with Crippen LogP contribution in [0.15, 0.2) is 121 Å². The van der Waals surface area contributed by atoms with Crippen LogP contribution in [0.5, 0.6) is 0 Å². The number of rotatable bonds is 31. The summed E-state index contributed by atoms with van der Waals surface area (Å²) in [6.45, 7) is 3.16. The average molecular weight is 1610 g/mol. The summed E-state index contributed by atoms with van der Waals surface area (Å²) in [7, 11) is -4.38. The second-order valence-corrected chi connectivity index (χ2v) is 25.6. The van der Waals surface area contributed by atoms with Crippen LogP contribution in [0.2, 0.25) is 0 Å². The number of alkyl carbamates (subject to hydrolysis) is 1. The van der Waals surface area contributed by atoms with Crippen molar-refractivity contribution in [1.82, 2.24) is 16.0 Å². The number of amides is 3. The first-order chi connectivity index (χ1) is 52.8. The molecule has 0 spiro atoms. The van der Waals surface area contributed by atoms with Gasteiger partial charge in [0.15, 0.2) is 74.0 Å². The minimum atomic E-state index is -6.06. The Labute approximate surface area is 661 Å². The van der Waals surface area contributed by atoms with Crippen molar-refractivity contribution >= 4 is 88.0 Å². The van der Waals surface area contributed by atoms with Crippen molar-refractivity contribution < 1.29 is 199 Å². The first-order valence-electron chi connectivity index (χ1n) is 33.9. The van der Waals surface area contributed by atoms with Crippen molar-refractivity contribution in [1.29, 1.82) is 0 Å². The number of carbonyl (C=O) groups excluding carboxylic acids is 13. The number of benzene rings is 4.